The Kier molecular flexibility index (Phi) is 2.34. The van der Waals surface area contributed by atoms with Gasteiger partial charge in [-0.3, -0.25) is 4.90 Å². The highest BCUT2D eigenvalue weighted by molar-refractivity contribution is 7.99. The van der Waals surface area contributed by atoms with Crippen LogP contribution >= 0.6 is 11.8 Å². The highest BCUT2D eigenvalue weighted by atomic mass is 32.2. The Labute approximate surface area is 77.7 Å². The minimum atomic E-state index is -0.804. The molecule has 1 saturated heterocycles. The SMILES string of the molecule is CN(CC1(F)CC1)C1CCSC1. The molecule has 1 atom stereocenters. The van der Waals surface area contributed by atoms with Crippen LogP contribution in [0.4, 0.5) is 4.39 Å². The van der Waals surface area contributed by atoms with E-state index in [1.807, 2.05) is 11.8 Å². The molecule has 0 aromatic rings. The maximum atomic E-state index is 13.4. The highest BCUT2D eigenvalue weighted by Gasteiger charge is 2.44. The van der Waals surface area contributed by atoms with Gasteiger partial charge in [-0.05, 0) is 32.1 Å². The third kappa shape index (κ3) is 1.94. The van der Waals surface area contributed by atoms with E-state index in [1.54, 1.807) is 0 Å². The molecule has 1 aliphatic carbocycles. The van der Waals surface area contributed by atoms with Gasteiger partial charge < -0.3 is 0 Å². The molecule has 0 radical (unpaired) electrons. The third-order valence-electron chi connectivity index (χ3n) is 2.85. The normalized spacial score (nSPS) is 32.8. The van der Waals surface area contributed by atoms with Gasteiger partial charge >= 0.3 is 0 Å². The monoisotopic (exact) mass is 189 g/mol. The van der Waals surface area contributed by atoms with Gasteiger partial charge in [-0.25, -0.2) is 4.39 Å². The predicted octanol–water partition coefficient (Wildman–Crippen LogP) is 1.93. The molecule has 2 fully saturated rings. The Morgan fingerprint density at radius 3 is 2.83 bits per heavy atom. The van der Waals surface area contributed by atoms with Crippen molar-refractivity contribution in [2.75, 3.05) is 25.1 Å². The zero-order valence-electron chi connectivity index (χ0n) is 7.55. The largest absolute Gasteiger partial charge is 0.299 e. The number of alkyl halides is 1. The summed E-state index contributed by atoms with van der Waals surface area (Å²) in [5, 5.41) is 0. The molecule has 0 aromatic carbocycles. The summed E-state index contributed by atoms with van der Waals surface area (Å²) in [7, 11) is 2.07. The number of rotatable bonds is 3. The third-order valence-corrected chi connectivity index (χ3v) is 4.00. The van der Waals surface area contributed by atoms with Crippen molar-refractivity contribution >= 4 is 11.8 Å². The molecule has 1 heterocycles. The predicted molar refractivity (Wildman–Crippen MR) is 51.4 cm³/mol. The molecule has 0 amide bonds. The van der Waals surface area contributed by atoms with Gasteiger partial charge in [0.1, 0.15) is 5.67 Å². The summed E-state index contributed by atoms with van der Waals surface area (Å²) < 4.78 is 13.4. The molecule has 3 heteroatoms. The lowest BCUT2D eigenvalue weighted by Crippen LogP contribution is -2.37. The van der Waals surface area contributed by atoms with E-state index in [0.717, 1.165) is 12.8 Å². The summed E-state index contributed by atoms with van der Waals surface area (Å²) in [6.07, 6.45) is 2.83. The first kappa shape index (κ1) is 8.82. The molecule has 0 aromatic heterocycles. The van der Waals surface area contributed by atoms with Crippen molar-refractivity contribution in [3.63, 3.8) is 0 Å². The van der Waals surface area contributed by atoms with E-state index in [-0.39, 0.29) is 0 Å². The van der Waals surface area contributed by atoms with Crippen LogP contribution in [0.15, 0.2) is 0 Å². The first-order chi connectivity index (χ1) is 5.70. The molecule has 0 bridgehead atoms. The van der Waals surface area contributed by atoms with Crippen molar-refractivity contribution in [3.8, 4) is 0 Å². The Bertz CT molecular complexity index is 164. The van der Waals surface area contributed by atoms with Crippen molar-refractivity contribution in [3.05, 3.63) is 0 Å². The molecule has 2 rings (SSSR count). The average Bonchev–Trinajstić information content (AvgIpc) is 2.55. The second-order valence-electron chi connectivity index (χ2n) is 4.08. The van der Waals surface area contributed by atoms with Gasteiger partial charge in [-0.2, -0.15) is 11.8 Å². The van der Waals surface area contributed by atoms with Crippen LogP contribution in [0.3, 0.4) is 0 Å². The summed E-state index contributed by atoms with van der Waals surface area (Å²) in [6, 6.07) is 0.642. The zero-order valence-corrected chi connectivity index (χ0v) is 8.37. The number of halogens is 1. The van der Waals surface area contributed by atoms with Crippen molar-refractivity contribution in [1.29, 1.82) is 0 Å². The van der Waals surface area contributed by atoms with Crippen molar-refractivity contribution in [2.24, 2.45) is 0 Å². The van der Waals surface area contributed by atoms with E-state index in [4.69, 9.17) is 0 Å². The molecular weight excluding hydrogens is 173 g/mol. The second kappa shape index (κ2) is 3.18. The van der Waals surface area contributed by atoms with Crippen LogP contribution in [0.25, 0.3) is 0 Å². The average molecular weight is 189 g/mol. The molecule has 1 aliphatic heterocycles. The quantitative estimate of drug-likeness (QED) is 0.667. The van der Waals surface area contributed by atoms with Crippen LogP contribution in [0.5, 0.6) is 0 Å². The summed E-state index contributed by atoms with van der Waals surface area (Å²) >= 11 is 1.99. The van der Waals surface area contributed by atoms with Gasteiger partial charge in [0.25, 0.3) is 0 Å². The van der Waals surface area contributed by atoms with Crippen LogP contribution < -0.4 is 0 Å². The fourth-order valence-corrected chi connectivity index (χ4v) is 3.04. The lowest BCUT2D eigenvalue weighted by molar-refractivity contribution is 0.170. The van der Waals surface area contributed by atoms with Crippen LogP contribution in [0, 0.1) is 0 Å². The molecule has 0 N–H and O–H groups in total. The zero-order chi connectivity index (χ0) is 8.60. The Morgan fingerprint density at radius 1 is 1.58 bits per heavy atom. The standard InChI is InChI=1S/C9H16FNS/c1-11(7-9(10)3-4-9)8-2-5-12-6-8/h8H,2-7H2,1H3. The first-order valence-corrected chi connectivity index (χ1v) is 5.82. The Balaban J connectivity index is 1.79. The maximum Gasteiger partial charge on any atom is 0.123 e. The maximum absolute atomic E-state index is 13.4. The smallest absolute Gasteiger partial charge is 0.123 e. The summed E-state index contributed by atoms with van der Waals surface area (Å²) in [6.45, 7) is 0.665. The summed E-state index contributed by atoms with van der Waals surface area (Å²) in [4.78, 5) is 2.22. The van der Waals surface area contributed by atoms with Crippen LogP contribution in [-0.2, 0) is 0 Å². The number of hydrogen-bond acceptors (Lipinski definition) is 2. The molecule has 1 unspecified atom stereocenters. The topological polar surface area (TPSA) is 3.24 Å². The van der Waals surface area contributed by atoms with E-state index in [0.29, 0.717) is 12.6 Å². The van der Waals surface area contributed by atoms with Gasteiger partial charge in [0.15, 0.2) is 0 Å². The molecule has 0 spiro atoms. The van der Waals surface area contributed by atoms with Crippen molar-refractivity contribution in [1.82, 2.24) is 4.90 Å². The van der Waals surface area contributed by atoms with Gasteiger partial charge in [0.2, 0.25) is 0 Å². The van der Waals surface area contributed by atoms with Crippen molar-refractivity contribution in [2.45, 2.75) is 31.0 Å². The first-order valence-electron chi connectivity index (χ1n) is 4.67. The Morgan fingerprint density at radius 2 is 2.33 bits per heavy atom. The molecular formula is C9H16FNS. The van der Waals surface area contributed by atoms with Crippen LogP contribution in [0.2, 0.25) is 0 Å². The molecule has 1 saturated carbocycles. The van der Waals surface area contributed by atoms with E-state index >= 15 is 0 Å². The molecule has 70 valence electrons. The van der Waals surface area contributed by atoms with E-state index in [9.17, 15) is 4.39 Å². The van der Waals surface area contributed by atoms with E-state index in [1.165, 1.54) is 17.9 Å². The fourth-order valence-electron chi connectivity index (χ4n) is 1.74. The van der Waals surface area contributed by atoms with Gasteiger partial charge in [0, 0.05) is 18.3 Å². The van der Waals surface area contributed by atoms with Gasteiger partial charge in [-0.15, -0.1) is 0 Å². The number of hydrogen-bond donors (Lipinski definition) is 0. The molecule has 2 aliphatic rings. The number of nitrogens with zero attached hydrogens (tertiary/aromatic N) is 1. The van der Waals surface area contributed by atoms with E-state index < -0.39 is 5.67 Å². The summed E-state index contributed by atoms with van der Waals surface area (Å²) in [5.74, 6) is 2.46. The van der Waals surface area contributed by atoms with Crippen LogP contribution in [0.1, 0.15) is 19.3 Å². The lowest BCUT2D eigenvalue weighted by atomic mass is 10.2. The molecule has 1 nitrogen and oxygen atoms in total. The lowest BCUT2D eigenvalue weighted by Gasteiger charge is -2.24. The minimum Gasteiger partial charge on any atom is -0.299 e. The Hall–Kier alpha value is 0.240. The summed E-state index contributed by atoms with van der Waals surface area (Å²) in [5.41, 5.74) is -0.804. The number of thioether (sulfide) groups is 1. The highest BCUT2D eigenvalue weighted by Crippen LogP contribution is 2.41. The van der Waals surface area contributed by atoms with Gasteiger partial charge in [-0.1, -0.05) is 0 Å². The second-order valence-corrected chi connectivity index (χ2v) is 5.23. The van der Waals surface area contributed by atoms with Crippen LogP contribution in [-0.4, -0.2) is 41.7 Å². The van der Waals surface area contributed by atoms with Gasteiger partial charge in [0.05, 0.1) is 0 Å². The minimum absolute atomic E-state index is 0.642. The fraction of sp³-hybridized carbons (Fsp3) is 1.00. The van der Waals surface area contributed by atoms with Crippen molar-refractivity contribution < 1.29 is 4.39 Å². The van der Waals surface area contributed by atoms with E-state index in [2.05, 4.69) is 11.9 Å². The molecule has 12 heavy (non-hydrogen) atoms.